The fourth-order valence-electron chi connectivity index (χ4n) is 1.99. The molecule has 0 aliphatic heterocycles. The maximum absolute atomic E-state index is 4.24. The molecule has 0 saturated heterocycles. The first kappa shape index (κ1) is 16.2. The Balaban J connectivity index is 0.00000180. The zero-order valence-corrected chi connectivity index (χ0v) is 14.1. The van der Waals surface area contributed by atoms with Crippen LogP contribution in [0.1, 0.15) is 24.5 Å². The SMILES string of the molecule is CN=C(NCCc1ccncc1C)NC1CC1C.I. The molecule has 0 bridgehead atoms. The molecule has 2 N–H and O–H groups in total. The molecule has 0 amide bonds. The molecule has 106 valence electrons. The smallest absolute Gasteiger partial charge is 0.191 e. The summed E-state index contributed by atoms with van der Waals surface area (Å²) in [7, 11) is 1.82. The lowest BCUT2D eigenvalue weighted by Crippen LogP contribution is -2.40. The second-order valence-corrected chi connectivity index (χ2v) is 5.01. The molecule has 1 aliphatic carbocycles. The van der Waals surface area contributed by atoms with E-state index in [1.165, 1.54) is 17.5 Å². The van der Waals surface area contributed by atoms with E-state index in [1.54, 1.807) is 0 Å². The number of guanidine groups is 1. The summed E-state index contributed by atoms with van der Waals surface area (Å²) in [5.74, 6) is 1.70. The molecule has 4 nitrogen and oxygen atoms in total. The molecule has 0 radical (unpaired) electrons. The van der Waals surface area contributed by atoms with Crippen LogP contribution in [0.5, 0.6) is 0 Å². The molecule has 1 aromatic rings. The molecule has 1 fully saturated rings. The van der Waals surface area contributed by atoms with Gasteiger partial charge in [0.05, 0.1) is 0 Å². The van der Waals surface area contributed by atoms with E-state index >= 15 is 0 Å². The van der Waals surface area contributed by atoms with Crippen LogP contribution in [0.3, 0.4) is 0 Å². The Labute approximate surface area is 132 Å². The van der Waals surface area contributed by atoms with Crippen LogP contribution in [-0.4, -0.2) is 30.6 Å². The van der Waals surface area contributed by atoms with Crippen LogP contribution in [-0.2, 0) is 6.42 Å². The Kier molecular flexibility index (Phi) is 6.54. The van der Waals surface area contributed by atoms with Gasteiger partial charge in [-0.3, -0.25) is 9.98 Å². The van der Waals surface area contributed by atoms with Crippen LogP contribution in [0.2, 0.25) is 0 Å². The summed E-state index contributed by atoms with van der Waals surface area (Å²) >= 11 is 0. The van der Waals surface area contributed by atoms with E-state index in [0.29, 0.717) is 6.04 Å². The van der Waals surface area contributed by atoms with Gasteiger partial charge in [0, 0.05) is 32.0 Å². The second kappa shape index (κ2) is 7.67. The maximum Gasteiger partial charge on any atom is 0.191 e. The van der Waals surface area contributed by atoms with Crippen molar-refractivity contribution in [2.24, 2.45) is 10.9 Å². The number of hydrogen-bond donors (Lipinski definition) is 2. The molecule has 1 saturated carbocycles. The normalized spacial score (nSPS) is 21.5. The highest BCUT2D eigenvalue weighted by molar-refractivity contribution is 14.0. The molecule has 0 aromatic carbocycles. The molecule has 1 aromatic heterocycles. The third-order valence-corrected chi connectivity index (χ3v) is 3.48. The zero-order chi connectivity index (χ0) is 13.0. The van der Waals surface area contributed by atoms with Crippen molar-refractivity contribution in [2.75, 3.05) is 13.6 Å². The number of aromatic nitrogens is 1. The summed E-state index contributed by atoms with van der Waals surface area (Å²) in [4.78, 5) is 8.34. The third kappa shape index (κ3) is 4.97. The van der Waals surface area contributed by atoms with E-state index in [0.717, 1.165) is 24.8 Å². The fourth-order valence-corrected chi connectivity index (χ4v) is 1.99. The molecular weight excluding hydrogens is 351 g/mol. The number of rotatable bonds is 4. The van der Waals surface area contributed by atoms with Gasteiger partial charge in [-0.1, -0.05) is 6.92 Å². The Morgan fingerprint density at radius 3 is 2.84 bits per heavy atom. The highest BCUT2D eigenvalue weighted by Gasteiger charge is 2.33. The first-order valence-electron chi connectivity index (χ1n) is 6.57. The molecule has 5 heteroatoms. The van der Waals surface area contributed by atoms with Crippen LogP contribution in [0.4, 0.5) is 0 Å². The van der Waals surface area contributed by atoms with Crippen molar-refractivity contribution in [1.29, 1.82) is 0 Å². The number of aliphatic imine (C=N–C) groups is 1. The van der Waals surface area contributed by atoms with Crippen molar-refractivity contribution in [3.8, 4) is 0 Å². The predicted octanol–water partition coefficient (Wildman–Crippen LogP) is 2.12. The third-order valence-electron chi connectivity index (χ3n) is 3.48. The molecule has 19 heavy (non-hydrogen) atoms. The highest BCUT2D eigenvalue weighted by atomic mass is 127. The van der Waals surface area contributed by atoms with Crippen LogP contribution < -0.4 is 10.6 Å². The quantitative estimate of drug-likeness (QED) is 0.482. The van der Waals surface area contributed by atoms with Gasteiger partial charge < -0.3 is 10.6 Å². The van der Waals surface area contributed by atoms with Crippen molar-refractivity contribution in [1.82, 2.24) is 15.6 Å². The Morgan fingerprint density at radius 2 is 2.26 bits per heavy atom. The molecule has 1 heterocycles. The maximum atomic E-state index is 4.24. The average molecular weight is 374 g/mol. The van der Waals surface area contributed by atoms with E-state index in [-0.39, 0.29) is 24.0 Å². The Bertz CT molecular complexity index is 433. The fraction of sp³-hybridized carbons (Fsp3) is 0.571. The summed E-state index contributed by atoms with van der Waals surface area (Å²) < 4.78 is 0. The number of pyridine rings is 1. The van der Waals surface area contributed by atoms with Crippen LogP contribution in [0.15, 0.2) is 23.5 Å². The summed E-state index contributed by atoms with van der Waals surface area (Å²) in [5, 5.41) is 6.77. The first-order valence-corrected chi connectivity index (χ1v) is 6.57. The lowest BCUT2D eigenvalue weighted by atomic mass is 10.1. The Hall–Kier alpha value is -0.850. The van der Waals surface area contributed by atoms with Crippen molar-refractivity contribution in [3.05, 3.63) is 29.6 Å². The number of hydrogen-bond acceptors (Lipinski definition) is 2. The minimum Gasteiger partial charge on any atom is -0.356 e. The van der Waals surface area contributed by atoms with E-state index in [2.05, 4.69) is 40.5 Å². The summed E-state index contributed by atoms with van der Waals surface area (Å²) in [6.45, 7) is 5.25. The molecule has 2 atom stereocenters. The number of aryl methyl sites for hydroxylation is 1. The van der Waals surface area contributed by atoms with Gasteiger partial charge >= 0.3 is 0 Å². The minimum atomic E-state index is 0. The summed E-state index contributed by atoms with van der Waals surface area (Å²) in [5.41, 5.74) is 2.59. The van der Waals surface area contributed by atoms with Crippen LogP contribution in [0.25, 0.3) is 0 Å². The van der Waals surface area contributed by atoms with E-state index in [1.807, 2.05) is 19.4 Å². The molecule has 2 unspecified atom stereocenters. The monoisotopic (exact) mass is 374 g/mol. The van der Waals surface area contributed by atoms with Gasteiger partial charge in [0.25, 0.3) is 0 Å². The lowest BCUT2D eigenvalue weighted by Gasteiger charge is -2.12. The largest absolute Gasteiger partial charge is 0.356 e. The van der Waals surface area contributed by atoms with Crippen LogP contribution >= 0.6 is 24.0 Å². The van der Waals surface area contributed by atoms with E-state index in [9.17, 15) is 0 Å². The molecule has 0 spiro atoms. The standard InChI is InChI=1S/C14H22N4.HI/c1-10-8-13(10)18-14(15-3)17-7-5-12-4-6-16-9-11(12)2;/h4,6,9-10,13H,5,7-8H2,1-3H3,(H2,15,17,18);1H. The zero-order valence-electron chi connectivity index (χ0n) is 11.8. The van der Waals surface area contributed by atoms with Gasteiger partial charge in [0.15, 0.2) is 5.96 Å². The molecule has 2 rings (SSSR count). The van der Waals surface area contributed by atoms with Gasteiger partial charge in [-0.25, -0.2) is 0 Å². The first-order chi connectivity index (χ1) is 8.70. The number of nitrogens with zero attached hydrogens (tertiary/aromatic N) is 2. The second-order valence-electron chi connectivity index (χ2n) is 5.01. The van der Waals surface area contributed by atoms with Gasteiger partial charge in [-0.05, 0) is 42.9 Å². The minimum absolute atomic E-state index is 0. The Morgan fingerprint density at radius 1 is 1.53 bits per heavy atom. The average Bonchev–Trinajstić information content (AvgIpc) is 3.06. The van der Waals surface area contributed by atoms with Crippen molar-refractivity contribution < 1.29 is 0 Å². The van der Waals surface area contributed by atoms with Crippen molar-refractivity contribution >= 4 is 29.9 Å². The van der Waals surface area contributed by atoms with Gasteiger partial charge in [-0.15, -0.1) is 24.0 Å². The number of nitrogens with one attached hydrogen (secondary N) is 2. The van der Waals surface area contributed by atoms with Gasteiger partial charge in [0.1, 0.15) is 0 Å². The van der Waals surface area contributed by atoms with Gasteiger partial charge in [0.2, 0.25) is 0 Å². The van der Waals surface area contributed by atoms with Crippen LogP contribution in [0, 0.1) is 12.8 Å². The van der Waals surface area contributed by atoms with Crippen molar-refractivity contribution in [3.63, 3.8) is 0 Å². The topological polar surface area (TPSA) is 49.3 Å². The molecular formula is C14H23IN4. The predicted molar refractivity (Wildman–Crippen MR) is 90.2 cm³/mol. The summed E-state index contributed by atoms with van der Waals surface area (Å²) in [6.07, 6.45) is 6.01. The lowest BCUT2D eigenvalue weighted by molar-refractivity contribution is 0.756. The highest BCUT2D eigenvalue weighted by Crippen LogP contribution is 2.28. The van der Waals surface area contributed by atoms with Gasteiger partial charge in [-0.2, -0.15) is 0 Å². The van der Waals surface area contributed by atoms with E-state index < -0.39 is 0 Å². The molecule has 1 aliphatic rings. The van der Waals surface area contributed by atoms with E-state index in [4.69, 9.17) is 0 Å². The van der Waals surface area contributed by atoms with Crippen molar-refractivity contribution in [2.45, 2.75) is 32.7 Å². The summed E-state index contributed by atoms with van der Waals surface area (Å²) in [6, 6.07) is 2.69. The number of halogens is 1.